The van der Waals surface area contributed by atoms with Gasteiger partial charge in [-0.05, 0) is 47.6 Å². The molecule has 0 atom stereocenters. The lowest BCUT2D eigenvalue weighted by atomic mass is 9.97. The lowest BCUT2D eigenvalue weighted by molar-refractivity contribution is 0.970. The summed E-state index contributed by atoms with van der Waals surface area (Å²) >= 11 is 1.95. The molecule has 0 aromatic heterocycles. The van der Waals surface area contributed by atoms with Gasteiger partial charge in [-0.25, -0.2) is 0 Å². The standard InChI is InChI=1S/C17H18S/c1-3-12-9-13(4-2)17-15(10-12)11-14-7-5-6-8-16(14)18-17/h5-10H,3-4,11H2,1-2H3. The van der Waals surface area contributed by atoms with Crippen LogP contribution in [-0.4, -0.2) is 0 Å². The van der Waals surface area contributed by atoms with Gasteiger partial charge < -0.3 is 0 Å². The summed E-state index contributed by atoms with van der Waals surface area (Å²) in [7, 11) is 0. The molecule has 0 fully saturated rings. The highest BCUT2D eigenvalue weighted by molar-refractivity contribution is 7.99. The van der Waals surface area contributed by atoms with Crippen molar-refractivity contribution in [2.75, 3.05) is 0 Å². The molecule has 1 heteroatoms. The molecule has 1 aliphatic heterocycles. The molecular weight excluding hydrogens is 236 g/mol. The smallest absolute Gasteiger partial charge is 0.0190 e. The van der Waals surface area contributed by atoms with Crippen LogP contribution in [0, 0.1) is 0 Å². The van der Waals surface area contributed by atoms with E-state index >= 15 is 0 Å². The van der Waals surface area contributed by atoms with Crippen LogP contribution in [0.4, 0.5) is 0 Å². The van der Waals surface area contributed by atoms with Crippen molar-refractivity contribution in [3.8, 4) is 0 Å². The molecule has 0 bridgehead atoms. The van der Waals surface area contributed by atoms with E-state index < -0.39 is 0 Å². The fourth-order valence-corrected chi connectivity index (χ4v) is 3.85. The summed E-state index contributed by atoms with van der Waals surface area (Å²) in [5.41, 5.74) is 6.00. The first-order chi connectivity index (χ1) is 8.81. The Balaban J connectivity index is 2.11. The molecule has 0 nitrogen and oxygen atoms in total. The molecule has 0 spiro atoms. The van der Waals surface area contributed by atoms with Gasteiger partial charge >= 0.3 is 0 Å². The van der Waals surface area contributed by atoms with E-state index in [-0.39, 0.29) is 0 Å². The first-order valence-electron chi connectivity index (χ1n) is 6.72. The molecule has 0 aliphatic carbocycles. The van der Waals surface area contributed by atoms with E-state index in [0.717, 1.165) is 19.3 Å². The van der Waals surface area contributed by atoms with Crippen LogP contribution in [0.25, 0.3) is 0 Å². The molecule has 18 heavy (non-hydrogen) atoms. The normalized spacial score (nSPS) is 13.0. The Morgan fingerprint density at radius 2 is 1.83 bits per heavy atom. The lowest BCUT2D eigenvalue weighted by Crippen LogP contribution is -2.03. The summed E-state index contributed by atoms with van der Waals surface area (Å²) < 4.78 is 0. The first-order valence-corrected chi connectivity index (χ1v) is 7.54. The summed E-state index contributed by atoms with van der Waals surface area (Å²) in [6, 6.07) is 13.6. The Bertz CT molecular complexity index is 584. The highest BCUT2D eigenvalue weighted by atomic mass is 32.2. The molecule has 3 rings (SSSR count). The number of benzene rings is 2. The van der Waals surface area contributed by atoms with Crippen LogP contribution in [0.1, 0.15) is 36.1 Å². The van der Waals surface area contributed by atoms with Gasteiger partial charge in [-0.3, -0.25) is 0 Å². The Labute approximate surface area is 113 Å². The number of hydrogen-bond donors (Lipinski definition) is 0. The molecule has 0 N–H and O–H groups in total. The van der Waals surface area contributed by atoms with E-state index in [9.17, 15) is 0 Å². The van der Waals surface area contributed by atoms with Crippen molar-refractivity contribution in [2.45, 2.75) is 42.9 Å². The van der Waals surface area contributed by atoms with E-state index in [0.29, 0.717) is 0 Å². The second-order valence-corrected chi connectivity index (χ2v) is 5.89. The number of fused-ring (bicyclic) bond motifs is 2. The fraction of sp³-hybridized carbons (Fsp3) is 0.294. The molecule has 0 saturated carbocycles. The van der Waals surface area contributed by atoms with Gasteiger partial charge in [0.25, 0.3) is 0 Å². The highest BCUT2D eigenvalue weighted by Crippen LogP contribution is 2.42. The van der Waals surface area contributed by atoms with Crippen molar-refractivity contribution in [3.63, 3.8) is 0 Å². The van der Waals surface area contributed by atoms with Crippen molar-refractivity contribution in [2.24, 2.45) is 0 Å². The van der Waals surface area contributed by atoms with Crippen LogP contribution >= 0.6 is 11.8 Å². The van der Waals surface area contributed by atoms with Crippen molar-refractivity contribution in [1.29, 1.82) is 0 Å². The Hall–Kier alpha value is -1.21. The van der Waals surface area contributed by atoms with Crippen LogP contribution in [0.3, 0.4) is 0 Å². The second kappa shape index (κ2) is 4.81. The molecule has 1 aliphatic rings. The average Bonchev–Trinajstić information content (AvgIpc) is 2.43. The van der Waals surface area contributed by atoms with Gasteiger partial charge in [0.1, 0.15) is 0 Å². The van der Waals surface area contributed by atoms with E-state index in [1.165, 1.54) is 32.0 Å². The molecule has 0 radical (unpaired) electrons. The molecule has 92 valence electrons. The van der Waals surface area contributed by atoms with Gasteiger partial charge in [0.15, 0.2) is 0 Å². The summed E-state index contributed by atoms with van der Waals surface area (Å²) in [6.07, 6.45) is 3.36. The second-order valence-electron chi connectivity index (χ2n) is 4.84. The van der Waals surface area contributed by atoms with Crippen LogP contribution in [0.5, 0.6) is 0 Å². The Morgan fingerprint density at radius 1 is 1.00 bits per heavy atom. The lowest BCUT2D eigenvalue weighted by Gasteiger charge is -2.22. The predicted molar refractivity (Wildman–Crippen MR) is 78.6 cm³/mol. The van der Waals surface area contributed by atoms with Gasteiger partial charge in [-0.2, -0.15) is 0 Å². The molecule has 0 unspecified atom stereocenters. The summed E-state index contributed by atoms with van der Waals surface area (Å²) in [5.74, 6) is 0. The predicted octanol–water partition coefficient (Wildman–Crippen LogP) is 4.87. The third-order valence-electron chi connectivity index (χ3n) is 3.66. The van der Waals surface area contributed by atoms with Gasteiger partial charge in [-0.1, -0.05) is 55.9 Å². The first kappa shape index (κ1) is 11.9. The summed E-state index contributed by atoms with van der Waals surface area (Å²) in [5, 5.41) is 0. The fourth-order valence-electron chi connectivity index (χ4n) is 2.62. The molecule has 0 amide bonds. The topological polar surface area (TPSA) is 0 Å². The Kier molecular flexibility index (Phi) is 3.17. The summed E-state index contributed by atoms with van der Waals surface area (Å²) in [4.78, 5) is 2.94. The maximum Gasteiger partial charge on any atom is 0.0190 e. The molecule has 1 heterocycles. The maximum absolute atomic E-state index is 2.40. The van der Waals surface area contributed by atoms with Crippen molar-refractivity contribution in [3.05, 3.63) is 58.7 Å². The van der Waals surface area contributed by atoms with E-state index in [1.807, 2.05) is 11.8 Å². The zero-order chi connectivity index (χ0) is 12.5. The molecule has 2 aromatic rings. The quantitative estimate of drug-likeness (QED) is 0.629. The van der Waals surface area contributed by atoms with E-state index in [2.05, 4.69) is 50.2 Å². The minimum absolute atomic E-state index is 1.10. The van der Waals surface area contributed by atoms with Gasteiger partial charge in [0, 0.05) is 9.79 Å². The minimum atomic E-state index is 1.10. The monoisotopic (exact) mass is 254 g/mol. The van der Waals surface area contributed by atoms with Gasteiger partial charge in [0.2, 0.25) is 0 Å². The van der Waals surface area contributed by atoms with Crippen molar-refractivity contribution >= 4 is 11.8 Å². The Morgan fingerprint density at radius 3 is 2.61 bits per heavy atom. The minimum Gasteiger partial charge on any atom is -0.0892 e. The van der Waals surface area contributed by atoms with Gasteiger partial charge in [-0.15, -0.1) is 0 Å². The average molecular weight is 254 g/mol. The number of hydrogen-bond acceptors (Lipinski definition) is 1. The van der Waals surface area contributed by atoms with E-state index in [4.69, 9.17) is 0 Å². The molecule has 2 aromatic carbocycles. The van der Waals surface area contributed by atoms with Crippen LogP contribution in [0.2, 0.25) is 0 Å². The van der Waals surface area contributed by atoms with Crippen LogP contribution in [0.15, 0.2) is 46.2 Å². The number of rotatable bonds is 2. The SMILES string of the molecule is CCc1cc(CC)c2c(c1)Cc1ccccc1S2. The summed E-state index contributed by atoms with van der Waals surface area (Å²) in [6.45, 7) is 4.50. The van der Waals surface area contributed by atoms with Gasteiger partial charge in [0.05, 0.1) is 0 Å². The number of aryl methyl sites for hydroxylation is 2. The van der Waals surface area contributed by atoms with Crippen molar-refractivity contribution in [1.82, 2.24) is 0 Å². The third kappa shape index (κ3) is 1.97. The largest absolute Gasteiger partial charge is 0.0892 e. The molecular formula is C17H18S. The third-order valence-corrected chi connectivity index (χ3v) is 5.00. The van der Waals surface area contributed by atoms with Crippen LogP contribution < -0.4 is 0 Å². The van der Waals surface area contributed by atoms with Crippen LogP contribution in [-0.2, 0) is 19.3 Å². The molecule has 0 saturated heterocycles. The highest BCUT2D eigenvalue weighted by Gasteiger charge is 2.18. The van der Waals surface area contributed by atoms with E-state index in [1.54, 1.807) is 0 Å². The zero-order valence-electron chi connectivity index (χ0n) is 11.0. The maximum atomic E-state index is 2.40. The van der Waals surface area contributed by atoms with Crippen molar-refractivity contribution < 1.29 is 0 Å². The zero-order valence-corrected chi connectivity index (χ0v) is 11.8.